The average molecular weight is 343 g/mol. The summed E-state index contributed by atoms with van der Waals surface area (Å²) in [6.45, 7) is 0. The number of methoxy groups -OCH3 is 4. The number of anilines is 1. The van der Waals surface area contributed by atoms with E-state index in [0.717, 1.165) is 0 Å². The summed E-state index contributed by atoms with van der Waals surface area (Å²) in [5.74, 6) is 2.23. The summed E-state index contributed by atoms with van der Waals surface area (Å²) in [5, 5.41) is 3.03. The molecule has 132 valence electrons. The molecule has 0 fully saturated rings. The van der Waals surface area contributed by atoms with Crippen molar-refractivity contribution in [1.82, 2.24) is 0 Å². The third kappa shape index (κ3) is 4.44. The largest absolute Gasteiger partial charge is 0.497 e. The Balaban J connectivity index is 2.13. The van der Waals surface area contributed by atoms with Gasteiger partial charge in [-0.15, -0.1) is 0 Å². The highest BCUT2D eigenvalue weighted by Gasteiger charge is 2.09. The summed E-state index contributed by atoms with van der Waals surface area (Å²) >= 11 is 0. The number of hydrogen-bond acceptors (Lipinski definition) is 6. The van der Waals surface area contributed by atoms with Gasteiger partial charge in [0, 0.05) is 23.9 Å². The van der Waals surface area contributed by atoms with Gasteiger partial charge in [-0.1, -0.05) is 0 Å². The monoisotopic (exact) mass is 343 g/mol. The molecule has 25 heavy (non-hydrogen) atoms. The zero-order valence-electron chi connectivity index (χ0n) is 14.7. The van der Waals surface area contributed by atoms with Gasteiger partial charge in [0.1, 0.15) is 11.5 Å². The number of ketones is 1. The minimum absolute atomic E-state index is 0.171. The number of benzene rings is 2. The third-order valence-corrected chi connectivity index (χ3v) is 3.55. The Labute approximate surface area is 147 Å². The fraction of sp³-hybridized carbons (Fsp3) is 0.211. The first-order valence-electron chi connectivity index (χ1n) is 7.54. The van der Waals surface area contributed by atoms with Gasteiger partial charge in [0.05, 0.1) is 34.1 Å². The second-order valence-corrected chi connectivity index (χ2v) is 4.98. The molecule has 6 heteroatoms. The second kappa shape index (κ2) is 8.63. The maximum atomic E-state index is 12.3. The van der Waals surface area contributed by atoms with Crippen LogP contribution in [0.5, 0.6) is 23.0 Å². The Morgan fingerprint density at radius 1 is 0.840 bits per heavy atom. The van der Waals surface area contributed by atoms with Crippen molar-refractivity contribution >= 4 is 11.5 Å². The number of allylic oxidation sites excluding steroid dienone is 1. The Kier molecular flexibility index (Phi) is 6.28. The maximum Gasteiger partial charge on any atom is 0.187 e. The maximum absolute atomic E-state index is 12.3. The molecule has 0 saturated heterocycles. The van der Waals surface area contributed by atoms with Gasteiger partial charge >= 0.3 is 0 Å². The van der Waals surface area contributed by atoms with Crippen LogP contribution in [0.3, 0.4) is 0 Å². The zero-order valence-corrected chi connectivity index (χ0v) is 14.7. The fourth-order valence-electron chi connectivity index (χ4n) is 2.22. The van der Waals surface area contributed by atoms with Crippen LogP contribution in [0.15, 0.2) is 48.7 Å². The molecular weight excluding hydrogens is 322 g/mol. The molecular formula is C19H21NO5. The molecule has 2 rings (SSSR count). The molecule has 2 aromatic rings. The van der Waals surface area contributed by atoms with Crippen molar-refractivity contribution in [3.8, 4) is 23.0 Å². The van der Waals surface area contributed by atoms with Gasteiger partial charge in [-0.05, 0) is 30.3 Å². The molecule has 6 nitrogen and oxygen atoms in total. The summed E-state index contributed by atoms with van der Waals surface area (Å²) in [6, 6.07) is 10.4. The van der Waals surface area contributed by atoms with E-state index in [0.29, 0.717) is 34.2 Å². The molecule has 0 heterocycles. The Morgan fingerprint density at radius 3 is 2.16 bits per heavy atom. The fourth-order valence-corrected chi connectivity index (χ4v) is 2.22. The van der Waals surface area contributed by atoms with E-state index < -0.39 is 0 Å². The molecule has 0 saturated carbocycles. The minimum atomic E-state index is -0.171. The predicted molar refractivity (Wildman–Crippen MR) is 96.2 cm³/mol. The van der Waals surface area contributed by atoms with Crippen LogP contribution >= 0.6 is 0 Å². The van der Waals surface area contributed by atoms with Gasteiger partial charge in [0.25, 0.3) is 0 Å². The molecule has 0 unspecified atom stereocenters. The molecule has 0 radical (unpaired) electrons. The first kappa shape index (κ1) is 18.2. The molecule has 0 spiro atoms. The Morgan fingerprint density at radius 2 is 1.52 bits per heavy atom. The highest BCUT2D eigenvalue weighted by molar-refractivity contribution is 6.05. The summed E-state index contributed by atoms with van der Waals surface area (Å²) in [4.78, 5) is 12.3. The van der Waals surface area contributed by atoms with Gasteiger partial charge in [-0.25, -0.2) is 0 Å². The number of ether oxygens (including phenoxy) is 4. The topological polar surface area (TPSA) is 66.0 Å². The molecule has 0 atom stereocenters. The van der Waals surface area contributed by atoms with Gasteiger partial charge in [0.15, 0.2) is 17.3 Å². The second-order valence-electron chi connectivity index (χ2n) is 4.98. The summed E-state index contributed by atoms with van der Waals surface area (Å²) in [5.41, 5.74) is 1.19. The lowest BCUT2D eigenvalue weighted by molar-refractivity contribution is 0.104. The van der Waals surface area contributed by atoms with Gasteiger partial charge in [0.2, 0.25) is 0 Å². The average Bonchev–Trinajstić information content (AvgIpc) is 2.67. The molecule has 0 bridgehead atoms. The lowest BCUT2D eigenvalue weighted by atomic mass is 10.1. The highest BCUT2D eigenvalue weighted by atomic mass is 16.5. The minimum Gasteiger partial charge on any atom is -0.497 e. The standard InChI is InChI=1S/C19H21NO5/c1-22-14-6-8-17(23-2)15(12-14)20-10-9-16(21)13-5-7-18(24-3)19(11-13)25-4/h5-12,20H,1-4H3/b10-9-. The number of rotatable bonds is 8. The van der Waals surface area contributed by atoms with E-state index in [-0.39, 0.29) is 5.78 Å². The molecule has 0 aliphatic heterocycles. The van der Waals surface area contributed by atoms with E-state index in [4.69, 9.17) is 18.9 Å². The van der Waals surface area contributed by atoms with Crippen LogP contribution < -0.4 is 24.3 Å². The highest BCUT2D eigenvalue weighted by Crippen LogP contribution is 2.29. The first-order valence-corrected chi connectivity index (χ1v) is 7.54. The van der Waals surface area contributed by atoms with Crippen LogP contribution in [0.1, 0.15) is 10.4 Å². The summed E-state index contributed by atoms with van der Waals surface area (Å²) in [7, 11) is 6.23. The Bertz CT molecular complexity index is 770. The number of carbonyl (C=O) groups excluding carboxylic acids is 1. The predicted octanol–water partition coefficient (Wildman–Crippen LogP) is 3.53. The molecule has 0 amide bonds. The molecule has 0 aliphatic carbocycles. The van der Waals surface area contributed by atoms with Crippen LogP contribution in [-0.2, 0) is 0 Å². The van der Waals surface area contributed by atoms with Crippen LogP contribution in [0.4, 0.5) is 5.69 Å². The molecule has 2 aromatic carbocycles. The summed E-state index contributed by atoms with van der Waals surface area (Å²) < 4.78 is 20.8. The number of carbonyl (C=O) groups is 1. The molecule has 0 aromatic heterocycles. The lowest BCUT2D eigenvalue weighted by Gasteiger charge is -2.10. The van der Waals surface area contributed by atoms with E-state index in [1.54, 1.807) is 63.9 Å². The zero-order chi connectivity index (χ0) is 18.2. The van der Waals surface area contributed by atoms with Crippen molar-refractivity contribution in [1.29, 1.82) is 0 Å². The molecule has 1 N–H and O–H groups in total. The van der Waals surface area contributed by atoms with E-state index in [1.807, 2.05) is 0 Å². The van der Waals surface area contributed by atoms with Gasteiger partial charge < -0.3 is 24.3 Å². The van der Waals surface area contributed by atoms with E-state index >= 15 is 0 Å². The number of hydrogen-bond donors (Lipinski definition) is 1. The van der Waals surface area contributed by atoms with Gasteiger partial charge in [-0.2, -0.15) is 0 Å². The van der Waals surface area contributed by atoms with Crippen molar-refractivity contribution in [3.05, 3.63) is 54.2 Å². The third-order valence-electron chi connectivity index (χ3n) is 3.55. The van der Waals surface area contributed by atoms with Crippen LogP contribution in [0, 0.1) is 0 Å². The van der Waals surface area contributed by atoms with Crippen molar-refractivity contribution in [3.63, 3.8) is 0 Å². The smallest absolute Gasteiger partial charge is 0.187 e. The van der Waals surface area contributed by atoms with Gasteiger partial charge in [-0.3, -0.25) is 4.79 Å². The van der Waals surface area contributed by atoms with Crippen molar-refractivity contribution in [2.75, 3.05) is 33.8 Å². The van der Waals surface area contributed by atoms with E-state index in [9.17, 15) is 4.79 Å². The van der Waals surface area contributed by atoms with Crippen LogP contribution in [0.2, 0.25) is 0 Å². The first-order chi connectivity index (χ1) is 12.1. The van der Waals surface area contributed by atoms with E-state index in [2.05, 4.69) is 5.32 Å². The quantitative estimate of drug-likeness (QED) is 0.584. The van der Waals surface area contributed by atoms with Crippen LogP contribution in [-0.4, -0.2) is 34.2 Å². The normalized spacial score (nSPS) is 10.4. The van der Waals surface area contributed by atoms with E-state index in [1.165, 1.54) is 13.2 Å². The van der Waals surface area contributed by atoms with Crippen LogP contribution in [0.25, 0.3) is 0 Å². The van der Waals surface area contributed by atoms with Crippen molar-refractivity contribution in [2.45, 2.75) is 0 Å². The van der Waals surface area contributed by atoms with Crippen molar-refractivity contribution in [2.24, 2.45) is 0 Å². The summed E-state index contributed by atoms with van der Waals surface area (Å²) in [6.07, 6.45) is 2.98. The molecule has 0 aliphatic rings. The number of nitrogens with one attached hydrogen (secondary N) is 1. The lowest BCUT2D eigenvalue weighted by Crippen LogP contribution is -1.99. The Hall–Kier alpha value is -3.15. The SMILES string of the molecule is COc1ccc(OC)c(N/C=C\C(=O)c2ccc(OC)c(OC)c2)c1. The van der Waals surface area contributed by atoms with Crippen molar-refractivity contribution < 1.29 is 23.7 Å².